The molecule has 2 N–H and O–H groups in total. The molecule has 1 aromatic heterocycles. The Bertz CT molecular complexity index is 1170. The second-order valence-electron chi connectivity index (χ2n) is 6.77. The number of esters is 1. The number of halogens is 1. The number of amides is 2. The van der Waals surface area contributed by atoms with Crippen LogP contribution in [0.25, 0.3) is 0 Å². The number of rotatable bonds is 7. The van der Waals surface area contributed by atoms with Gasteiger partial charge in [0, 0.05) is 6.54 Å². The Kier molecular flexibility index (Phi) is 7.50. The lowest BCUT2D eigenvalue weighted by Crippen LogP contribution is -2.22. The number of carbonyl (C=O) groups excluding carboxylic acids is 3. The molecule has 0 bridgehead atoms. The fourth-order valence-corrected chi connectivity index (χ4v) is 4.20. The van der Waals surface area contributed by atoms with E-state index in [1.807, 2.05) is 0 Å². The molecule has 32 heavy (non-hydrogen) atoms. The standard InChI is InChI=1S/C23H21ClN2O5S/c1-13-10-19(26-21(27)15-6-4-5-7-17(15)24)32-20(13)22(28)25-12-14-8-9-18(30-2)16(11-14)23(29)31-3/h4-11H,12H2,1-3H3,(H,25,28)(H,26,27). The van der Waals surface area contributed by atoms with Gasteiger partial charge in [-0.1, -0.05) is 29.8 Å². The molecule has 0 unspecified atom stereocenters. The lowest BCUT2D eigenvalue weighted by molar-refractivity contribution is 0.0596. The predicted molar refractivity (Wildman–Crippen MR) is 124 cm³/mol. The molecular weight excluding hydrogens is 452 g/mol. The van der Waals surface area contributed by atoms with Crippen LogP contribution in [0.4, 0.5) is 5.00 Å². The van der Waals surface area contributed by atoms with E-state index in [1.165, 1.54) is 25.6 Å². The summed E-state index contributed by atoms with van der Waals surface area (Å²) in [5.41, 5.74) is 2.07. The third kappa shape index (κ3) is 5.27. The molecule has 0 aliphatic carbocycles. The zero-order valence-corrected chi connectivity index (χ0v) is 19.2. The van der Waals surface area contributed by atoms with Gasteiger partial charge in [0.25, 0.3) is 11.8 Å². The van der Waals surface area contributed by atoms with Crippen LogP contribution in [0.2, 0.25) is 5.02 Å². The molecule has 0 fully saturated rings. The SMILES string of the molecule is COC(=O)c1cc(CNC(=O)c2sc(NC(=O)c3ccccc3Cl)cc2C)ccc1OC. The maximum Gasteiger partial charge on any atom is 0.341 e. The van der Waals surface area contributed by atoms with Crippen molar-refractivity contribution in [1.82, 2.24) is 5.32 Å². The van der Waals surface area contributed by atoms with E-state index in [2.05, 4.69) is 10.6 Å². The number of benzene rings is 2. The first kappa shape index (κ1) is 23.3. The molecule has 166 valence electrons. The molecule has 0 atom stereocenters. The lowest BCUT2D eigenvalue weighted by atomic mass is 10.1. The van der Waals surface area contributed by atoms with E-state index in [0.717, 1.165) is 5.56 Å². The van der Waals surface area contributed by atoms with Crippen molar-refractivity contribution in [1.29, 1.82) is 0 Å². The fourth-order valence-electron chi connectivity index (χ4n) is 2.99. The van der Waals surface area contributed by atoms with Crippen LogP contribution in [-0.2, 0) is 11.3 Å². The first-order chi connectivity index (χ1) is 15.3. The molecule has 3 rings (SSSR count). The molecule has 0 saturated carbocycles. The van der Waals surface area contributed by atoms with Gasteiger partial charge in [0.05, 0.1) is 34.7 Å². The van der Waals surface area contributed by atoms with E-state index >= 15 is 0 Å². The maximum atomic E-state index is 12.7. The van der Waals surface area contributed by atoms with Crippen LogP contribution in [0.15, 0.2) is 48.5 Å². The second kappa shape index (κ2) is 10.3. The van der Waals surface area contributed by atoms with Gasteiger partial charge in [-0.3, -0.25) is 9.59 Å². The van der Waals surface area contributed by atoms with Crippen LogP contribution >= 0.6 is 22.9 Å². The van der Waals surface area contributed by atoms with Gasteiger partial charge in [-0.05, 0) is 48.4 Å². The monoisotopic (exact) mass is 472 g/mol. The topological polar surface area (TPSA) is 93.7 Å². The molecule has 3 aromatic rings. The first-order valence-corrected chi connectivity index (χ1v) is 10.7. The Balaban J connectivity index is 1.69. The minimum absolute atomic E-state index is 0.200. The van der Waals surface area contributed by atoms with E-state index < -0.39 is 5.97 Å². The molecule has 7 nitrogen and oxygen atoms in total. The summed E-state index contributed by atoms with van der Waals surface area (Å²) in [6.45, 7) is 1.99. The Morgan fingerprint density at radius 2 is 1.75 bits per heavy atom. The lowest BCUT2D eigenvalue weighted by Gasteiger charge is -2.10. The number of hydrogen-bond acceptors (Lipinski definition) is 6. The third-order valence-corrected chi connectivity index (χ3v) is 6.08. The van der Waals surface area contributed by atoms with Gasteiger partial charge < -0.3 is 20.1 Å². The van der Waals surface area contributed by atoms with Gasteiger partial charge >= 0.3 is 5.97 Å². The number of methoxy groups -OCH3 is 2. The molecule has 2 aromatic carbocycles. The number of thiophene rings is 1. The van der Waals surface area contributed by atoms with Crippen molar-refractivity contribution in [3.63, 3.8) is 0 Å². The van der Waals surface area contributed by atoms with Crippen LogP contribution in [-0.4, -0.2) is 32.0 Å². The zero-order chi connectivity index (χ0) is 23.3. The fraction of sp³-hybridized carbons (Fsp3) is 0.174. The summed E-state index contributed by atoms with van der Waals surface area (Å²) in [6, 6.07) is 13.5. The summed E-state index contributed by atoms with van der Waals surface area (Å²) in [5.74, 6) is -0.776. The molecule has 0 radical (unpaired) electrons. The summed E-state index contributed by atoms with van der Waals surface area (Å²) in [4.78, 5) is 37.6. The Morgan fingerprint density at radius 1 is 1.00 bits per heavy atom. The largest absolute Gasteiger partial charge is 0.496 e. The van der Waals surface area contributed by atoms with Gasteiger partial charge in [-0.15, -0.1) is 11.3 Å². The molecule has 0 aliphatic rings. The normalized spacial score (nSPS) is 10.4. The Hall–Kier alpha value is -3.36. The van der Waals surface area contributed by atoms with Gasteiger partial charge in [-0.2, -0.15) is 0 Å². The molecule has 0 aliphatic heterocycles. The van der Waals surface area contributed by atoms with E-state index in [9.17, 15) is 14.4 Å². The highest BCUT2D eigenvalue weighted by Gasteiger charge is 2.18. The van der Waals surface area contributed by atoms with E-state index in [4.69, 9.17) is 21.1 Å². The molecule has 0 spiro atoms. The van der Waals surface area contributed by atoms with E-state index in [0.29, 0.717) is 31.8 Å². The highest BCUT2D eigenvalue weighted by Crippen LogP contribution is 2.28. The summed E-state index contributed by atoms with van der Waals surface area (Å²) < 4.78 is 9.95. The Labute approximate surface area is 194 Å². The van der Waals surface area contributed by atoms with Gasteiger partial charge in [0.1, 0.15) is 11.3 Å². The Morgan fingerprint density at radius 3 is 2.44 bits per heavy atom. The van der Waals surface area contributed by atoms with Gasteiger partial charge in [-0.25, -0.2) is 4.79 Å². The average molecular weight is 473 g/mol. The molecule has 2 amide bonds. The van der Waals surface area contributed by atoms with Crippen LogP contribution in [0.5, 0.6) is 5.75 Å². The van der Waals surface area contributed by atoms with Gasteiger partial charge in [0.15, 0.2) is 0 Å². The quantitative estimate of drug-likeness (QED) is 0.486. The summed E-state index contributed by atoms with van der Waals surface area (Å²) in [7, 11) is 2.75. The van der Waals surface area contributed by atoms with Crippen LogP contribution < -0.4 is 15.4 Å². The van der Waals surface area contributed by atoms with Gasteiger partial charge in [0.2, 0.25) is 0 Å². The number of nitrogens with one attached hydrogen (secondary N) is 2. The van der Waals surface area contributed by atoms with Crippen molar-refractivity contribution in [3.05, 3.63) is 80.7 Å². The summed E-state index contributed by atoms with van der Waals surface area (Å²) in [6.07, 6.45) is 0. The van der Waals surface area contributed by atoms with Crippen molar-refractivity contribution in [3.8, 4) is 5.75 Å². The van der Waals surface area contributed by atoms with Crippen molar-refractivity contribution in [2.24, 2.45) is 0 Å². The molecule has 1 heterocycles. The van der Waals surface area contributed by atoms with Crippen molar-refractivity contribution in [2.75, 3.05) is 19.5 Å². The minimum Gasteiger partial charge on any atom is -0.496 e. The van der Waals surface area contributed by atoms with Crippen molar-refractivity contribution >= 4 is 45.7 Å². The minimum atomic E-state index is -0.525. The van der Waals surface area contributed by atoms with E-state index in [1.54, 1.807) is 55.5 Å². The summed E-state index contributed by atoms with van der Waals surface area (Å²) in [5, 5.41) is 6.49. The molecule has 0 saturated heterocycles. The molecular formula is C23H21ClN2O5S. The third-order valence-electron chi connectivity index (χ3n) is 4.60. The van der Waals surface area contributed by atoms with Crippen LogP contribution in [0, 0.1) is 6.92 Å². The number of anilines is 1. The molecule has 9 heteroatoms. The van der Waals surface area contributed by atoms with Crippen LogP contribution in [0.1, 0.15) is 41.5 Å². The number of aryl methyl sites for hydroxylation is 1. The smallest absolute Gasteiger partial charge is 0.341 e. The number of hydrogen-bond donors (Lipinski definition) is 2. The van der Waals surface area contributed by atoms with Crippen molar-refractivity contribution in [2.45, 2.75) is 13.5 Å². The predicted octanol–water partition coefficient (Wildman–Crippen LogP) is 4.69. The maximum absolute atomic E-state index is 12.7. The second-order valence-corrected chi connectivity index (χ2v) is 8.23. The first-order valence-electron chi connectivity index (χ1n) is 9.53. The van der Waals surface area contributed by atoms with Crippen LogP contribution in [0.3, 0.4) is 0 Å². The highest BCUT2D eigenvalue weighted by atomic mass is 35.5. The number of carbonyl (C=O) groups is 3. The highest BCUT2D eigenvalue weighted by molar-refractivity contribution is 7.18. The number of ether oxygens (including phenoxy) is 2. The summed E-state index contributed by atoms with van der Waals surface area (Å²) >= 11 is 7.24. The zero-order valence-electron chi connectivity index (χ0n) is 17.7. The van der Waals surface area contributed by atoms with E-state index in [-0.39, 0.29) is 23.9 Å². The van der Waals surface area contributed by atoms with Crippen molar-refractivity contribution < 1.29 is 23.9 Å². The average Bonchev–Trinajstić information content (AvgIpc) is 3.16.